The highest BCUT2D eigenvalue weighted by Gasteiger charge is 2.29. The maximum absolute atomic E-state index is 12.8. The second-order valence-electron chi connectivity index (χ2n) is 3.74. The SMILES string of the molecule is Cc1cc([C@H](N)C2CC2)cnc1F. The molecule has 0 aliphatic heterocycles. The first-order valence-electron chi connectivity index (χ1n) is 4.56. The number of nitrogens with zero attached hydrogens (tertiary/aromatic N) is 1. The number of aromatic nitrogens is 1. The lowest BCUT2D eigenvalue weighted by Gasteiger charge is -2.10. The van der Waals surface area contributed by atoms with E-state index in [0.717, 1.165) is 5.56 Å². The molecule has 3 heteroatoms. The van der Waals surface area contributed by atoms with E-state index < -0.39 is 5.95 Å². The lowest BCUT2D eigenvalue weighted by Crippen LogP contribution is -2.13. The fourth-order valence-electron chi connectivity index (χ4n) is 1.49. The van der Waals surface area contributed by atoms with E-state index in [1.54, 1.807) is 19.2 Å². The Morgan fingerprint density at radius 2 is 2.31 bits per heavy atom. The molecule has 2 N–H and O–H groups in total. The molecule has 0 bridgehead atoms. The number of rotatable bonds is 2. The van der Waals surface area contributed by atoms with Crippen molar-refractivity contribution in [2.45, 2.75) is 25.8 Å². The zero-order valence-electron chi connectivity index (χ0n) is 7.63. The molecule has 2 rings (SSSR count). The zero-order valence-corrected chi connectivity index (χ0v) is 7.63. The summed E-state index contributed by atoms with van der Waals surface area (Å²) in [4.78, 5) is 3.66. The molecule has 0 spiro atoms. The van der Waals surface area contributed by atoms with E-state index >= 15 is 0 Å². The van der Waals surface area contributed by atoms with Gasteiger partial charge in [-0.25, -0.2) is 4.98 Å². The third-order valence-electron chi connectivity index (χ3n) is 2.55. The molecule has 70 valence electrons. The summed E-state index contributed by atoms with van der Waals surface area (Å²) in [5, 5.41) is 0. The van der Waals surface area contributed by atoms with Gasteiger partial charge in [-0.1, -0.05) is 0 Å². The van der Waals surface area contributed by atoms with E-state index in [0.29, 0.717) is 11.5 Å². The normalized spacial score (nSPS) is 18.7. The summed E-state index contributed by atoms with van der Waals surface area (Å²) in [7, 11) is 0. The van der Waals surface area contributed by atoms with Crippen LogP contribution in [0.4, 0.5) is 4.39 Å². The molecule has 1 aliphatic rings. The van der Waals surface area contributed by atoms with Crippen LogP contribution >= 0.6 is 0 Å². The molecule has 0 saturated heterocycles. The maximum atomic E-state index is 12.8. The summed E-state index contributed by atoms with van der Waals surface area (Å²) in [5.74, 6) is 0.193. The molecule has 1 heterocycles. The van der Waals surface area contributed by atoms with Gasteiger partial charge < -0.3 is 5.73 Å². The highest BCUT2D eigenvalue weighted by atomic mass is 19.1. The van der Waals surface area contributed by atoms with Gasteiger partial charge in [-0.15, -0.1) is 0 Å². The molecule has 1 aliphatic carbocycles. The van der Waals surface area contributed by atoms with Crippen molar-refractivity contribution in [2.24, 2.45) is 11.7 Å². The zero-order chi connectivity index (χ0) is 9.42. The Kier molecular flexibility index (Phi) is 2.04. The molecule has 2 nitrogen and oxygen atoms in total. The van der Waals surface area contributed by atoms with Crippen molar-refractivity contribution >= 4 is 0 Å². The molecule has 1 saturated carbocycles. The van der Waals surface area contributed by atoms with Gasteiger partial charge in [-0.2, -0.15) is 4.39 Å². The average Bonchev–Trinajstić information content (AvgIpc) is 2.91. The van der Waals surface area contributed by atoms with Crippen LogP contribution in [0.1, 0.15) is 30.0 Å². The fraction of sp³-hybridized carbons (Fsp3) is 0.500. The third-order valence-corrected chi connectivity index (χ3v) is 2.55. The van der Waals surface area contributed by atoms with Gasteiger partial charge in [0.1, 0.15) is 0 Å². The monoisotopic (exact) mass is 180 g/mol. The van der Waals surface area contributed by atoms with Gasteiger partial charge in [-0.05, 0) is 37.3 Å². The van der Waals surface area contributed by atoms with Crippen molar-refractivity contribution in [3.8, 4) is 0 Å². The first kappa shape index (κ1) is 8.63. The topological polar surface area (TPSA) is 38.9 Å². The van der Waals surface area contributed by atoms with Crippen LogP contribution in [0.2, 0.25) is 0 Å². The smallest absolute Gasteiger partial charge is 0.215 e. The predicted octanol–water partition coefficient (Wildman–Crippen LogP) is 1.94. The number of halogens is 1. The molecular formula is C10H13FN2. The van der Waals surface area contributed by atoms with Gasteiger partial charge >= 0.3 is 0 Å². The Morgan fingerprint density at radius 3 is 2.85 bits per heavy atom. The Bertz CT molecular complexity index is 321. The first-order chi connectivity index (χ1) is 6.18. The lowest BCUT2D eigenvalue weighted by atomic mass is 10.0. The number of hydrogen-bond donors (Lipinski definition) is 1. The van der Waals surface area contributed by atoms with Crippen LogP contribution in [0.3, 0.4) is 0 Å². The molecule has 1 atom stereocenters. The Balaban J connectivity index is 2.24. The van der Waals surface area contributed by atoms with Crippen molar-refractivity contribution in [1.29, 1.82) is 0 Å². The maximum Gasteiger partial charge on any atom is 0.215 e. The molecule has 13 heavy (non-hydrogen) atoms. The minimum Gasteiger partial charge on any atom is -0.324 e. The van der Waals surface area contributed by atoms with Crippen LogP contribution in [0.25, 0.3) is 0 Å². The summed E-state index contributed by atoms with van der Waals surface area (Å²) in [6, 6.07) is 1.84. The summed E-state index contributed by atoms with van der Waals surface area (Å²) in [5.41, 5.74) is 7.49. The fourth-order valence-corrected chi connectivity index (χ4v) is 1.49. The van der Waals surface area contributed by atoms with Gasteiger partial charge in [0.25, 0.3) is 0 Å². The second kappa shape index (κ2) is 3.07. The lowest BCUT2D eigenvalue weighted by molar-refractivity contribution is 0.564. The van der Waals surface area contributed by atoms with Crippen LogP contribution in [0.15, 0.2) is 12.3 Å². The minimum atomic E-state index is -0.397. The molecule has 0 unspecified atom stereocenters. The van der Waals surface area contributed by atoms with Crippen LogP contribution in [-0.2, 0) is 0 Å². The summed E-state index contributed by atoms with van der Waals surface area (Å²) >= 11 is 0. The Morgan fingerprint density at radius 1 is 1.62 bits per heavy atom. The van der Waals surface area contributed by atoms with Crippen molar-refractivity contribution in [3.05, 3.63) is 29.3 Å². The standard InChI is InChI=1S/C10H13FN2/c1-6-4-8(5-13-10(6)11)9(12)7-2-3-7/h4-5,7,9H,2-3,12H2,1H3/t9-/m1/s1. The van der Waals surface area contributed by atoms with Gasteiger partial charge in [-0.3, -0.25) is 0 Å². The van der Waals surface area contributed by atoms with Crippen molar-refractivity contribution < 1.29 is 4.39 Å². The summed E-state index contributed by atoms with van der Waals surface area (Å²) in [6.07, 6.45) is 3.93. The van der Waals surface area contributed by atoms with Crippen molar-refractivity contribution in [2.75, 3.05) is 0 Å². The van der Waals surface area contributed by atoms with E-state index in [1.165, 1.54) is 12.8 Å². The van der Waals surface area contributed by atoms with Crippen molar-refractivity contribution in [1.82, 2.24) is 4.98 Å². The predicted molar refractivity (Wildman–Crippen MR) is 48.6 cm³/mol. The van der Waals surface area contributed by atoms with Gasteiger partial charge in [0, 0.05) is 17.8 Å². The highest BCUT2D eigenvalue weighted by molar-refractivity contribution is 5.22. The molecule has 0 radical (unpaired) electrons. The van der Waals surface area contributed by atoms with Crippen LogP contribution in [-0.4, -0.2) is 4.98 Å². The Hall–Kier alpha value is -0.960. The summed E-state index contributed by atoms with van der Waals surface area (Å²) < 4.78 is 12.8. The van der Waals surface area contributed by atoms with Crippen molar-refractivity contribution in [3.63, 3.8) is 0 Å². The molecule has 0 amide bonds. The van der Waals surface area contributed by atoms with Crippen LogP contribution in [0.5, 0.6) is 0 Å². The number of pyridine rings is 1. The van der Waals surface area contributed by atoms with Gasteiger partial charge in [0.15, 0.2) is 0 Å². The van der Waals surface area contributed by atoms with E-state index in [-0.39, 0.29) is 6.04 Å². The minimum absolute atomic E-state index is 0.0480. The molecule has 1 aromatic rings. The summed E-state index contributed by atoms with van der Waals surface area (Å²) in [6.45, 7) is 1.71. The molecular weight excluding hydrogens is 167 g/mol. The second-order valence-corrected chi connectivity index (χ2v) is 3.74. The molecule has 1 fully saturated rings. The van der Waals surface area contributed by atoms with E-state index in [9.17, 15) is 4.39 Å². The number of nitrogens with two attached hydrogens (primary N) is 1. The quantitative estimate of drug-likeness (QED) is 0.706. The highest BCUT2D eigenvalue weighted by Crippen LogP contribution is 2.39. The number of aryl methyl sites for hydroxylation is 1. The third kappa shape index (κ3) is 1.70. The Labute approximate surface area is 77.0 Å². The molecule has 0 aromatic carbocycles. The van der Waals surface area contributed by atoms with E-state index in [4.69, 9.17) is 5.73 Å². The van der Waals surface area contributed by atoms with Crippen LogP contribution < -0.4 is 5.73 Å². The van der Waals surface area contributed by atoms with E-state index in [1.807, 2.05) is 0 Å². The molecule has 1 aromatic heterocycles. The van der Waals surface area contributed by atoms with E-state index in [2.05, 4.69) is 4.98 Å². The largest absolute Gasteiger partial charge is 0.324 e. The first-order valence-corrected chi connectivity index (χ1v) is 4.56. The van der Waals surface area contributed by atoms with Gasteiger partial charge in [0.2, 0.25) is 5.95 Å². The van der Waals surface area contributed by atoms with Crippen LogP contribution in [0, 0.1) is 18.8 Å². The van der Waals surface area contributed by atoms with Gasteiger partial charge in [0.05, 0.1) is 0 Å². The number of hydrogen-bond acceptors (Lipinski definition) is 2. The average molecular weight is 180 g/mol.